The molecular formula is C15H21N3O2. The van der Waals surface area contributed by atoms with Crippen molar-refractivity contribution >= 4 is 11.7 Å². The second-order valence-electron chi connectivity index (χ2n) is 5.07. The topological polar surface area (TPSA) is 66.6 Å². The van der Waals surface area contributed by atoms with Crippen LogP contribution in [0, 0.1) is 0 Å². The van der Waals surface area contributed by atoms with E-state index in [2.05, 4.69) is 0 Å². The number of amides is 1. The Morgan fingerprint density at radius 2 is 1.75 bits per heavy atom. The molecule has 0 radical (unpaired) electrons. The van der Waals surface area contributed by atoms with Crippen LogP contribution in [0.5, 0.6) is 0 Å². The lowest BCUT2D eigenvalue weighted by Crippen LogP contribution is -2.55. The molecule has 1 aromatic carbocycles. The van der Waals surface area contributed by atoms with Crippen LogP contribution < -0.4 is 5.84 Å². The minimum absolute atomic E-state index is 0.199. The van der Waals surface area contributed by atoms with Gasteiger partial charge in [-0.3, -0.25) is 9.59 Å². The van der Waals surface area contributed by atoms with E-state index in [9.17, 15) is 9.59 Å². The average Bonchev–Trinajstić information content (AvgIpc) is 2.53. The van der Waals surface area contributed by atoms with Gasteiger partial charge in [-0.25, -0.2) is 16.0 Å². The molecule has 1 heterocycles. The lowest BCUT2D eigenvalue weighted by molar-refractivity contribution is -0.159. The van der Waals surface area contributed by atoms with Crippen LogP contribution in [-0.4, -0.2) is 34.9 Å². The van der Waals surface area contributed by atoms with Crippen LogP contribution in [0.2, 0.25) is 0 Å². The van der Waals surface area contributed by atoms with Gasteiger partial charge < -0.3 is 0 Å². The number of carbonyl (C=O) groups is 2. The molecule has 108 valence electrons. The molecule has 5 nitrogen and oxygen atoms in total. The lowest BCUT2D eigenvalue weighted by Gasteiger charge is -2.33. The van der Waals surface area contributed by atoms with Crippen molar-refractivity contribution in [3.8, 4) is 0 Å². The molecule has 1 aromatic rings. The van der Waals surface area contributed by atoms with E-state index in [-0.39, 0.29) is 6.42 Å². The molecule has 0 unspecified atom stereocenters. The molecule has 2 rings (SSSR count). The first-order valence-corrected chi connectivity index (χ1v) is 7.09. The number of ketones is 1. The summed E-state index contributed by atoms with van der Waals surface area (Å²) in [6.45, 7) is 1.49. The van der Waals surface area contributed by atoms with E-state index in [1.807, 2.05) is 30.3 Å². The van der Waals surface area contributed by atoms with E-state index in [0.29, 0.717) is 6.42 Å². The Morgan fingerprint density at radius 3 is 2.40 bits per heavy atom. The highest BCUT2D eigenvalue weighted by Gasteiger charge is 2.25. The first-order chi connectivity index (χ1) is 9.68. The molecule has 1 aliphatic rings. The van der Waals surface area contributed by atoms with Crippen molar-refractivity contribution in [2.75, 3.05) is 13.1 Å². The summed E-state index contributed by atoms with van der Waals surface area (Å²) in [7, 11) is 0. The molecule has 1 amide bonds. The Hall–Kier alpha value is -1.72. The summed E-state index contributed by atoms with van der Waals surface area (Å²) in [6, 6.07) is 9.66. The highest BCUT2D eigenvalue weighted by atomic mass is 16.2. The van der Waals surface area contributed by atoms with Crippen LogP contribution in [0.4, 0.5) is 0 Å². The van der Waals surface area contributed by atoms with E-state index < -0.39 is 11.7 Å². The van der Waals surface area contributed by atoms with Gasteiger partial charge in [0.1, 0.15) is 0 Å². The van der Waals surface area contributed by atoms with Crippen molar-refractivity contribution in [2.24, 2.45) is 5.84 Å². The Kier molecular flexibility index (Phi) is 5.26. The van der Waals surface area contributed by atoms with Gasteiger partial charge in [-0.05, 0) is 24.8 Å². The second-order valence-corrected chi connectivity index (χ2v) is 5.07. The second kappa shape index (κ2) is 7.17. The van der Waals surface area contributed by atoms with Crippen molar-refractivity contribution in [2.45, 2.75) is 32.1 Å². The monoisotopic (exact) mass is 275 g/mol. The fourth-order valence-corrected chi connectivity index (χ4v) is 2.36. The summed E-state index contributed by atoms with van der Waals surface area (Å²) in [5.41, 5.74) is 1.05. The van der Waals surface area contributed by atoms with E-state index >= 15 is 0 Å². The highest BCUT2D eigenvalue weighted by Crippen LogP contribution is 2.10. The normalized spacial score (nSPS) is 15.8. The van der Waals surface area contributed by atoms with Crippen molar-refractivity contribution in [1.82, 2.24) is 10.1 Å². The minimum Gasteiger partial charge on any atom is -0.289 e. The summed E-state index contributed by atoms with van der Waals surface area (Å²) >= 11 is 0. The predicted octanol–water partition coefficient (Wildman–Crippen LogP) is 1.29. The van der Waals surface area contributed by atoms with Gasteiger partial charge in [-0.1, -0.05) is 36.8 Å². The Balaban J connectivity index is 1.83. The fraction of sp³-hybridized carbons (Fsp3) is 0.467. The third kappa shape index (κ3) is 3.88. The van der Waals surface area contributed by atoms with Crippen LogP contribution in [0.15, 0.2) is 30.3 Å². The lowest BCUT2D eigenvalue weighted by atomic mass is 10.1. The zero-order valence-corrected chi connectivity index (χ0v) is 11.6. The van der Waals surface area contributed by atoms with E-state index in [0.717, 1.165) is 43.0 Å². The van der Waals surface area contributed by atoms with Gasteiger partial charge in [0.05, 0.1) is 0 Å². The molecule has 2 N–H and O–H groups in total. The third-order valence-corrected chi connectivity index (χ3v) is 3.57. The van der Waals surface area contributed by atoms with Crippen LogP contribution >= 0.6 is 0 Å². The van der Waals surface area contributed by atoms with Crippen molar-refractivity contribution in [1.29, 1.82) is 0 Å². The average molecular weight is 275 g/mol. The van der Waals surface area contributed by atoms with Gasteiger partial charge in [0.2, 0.25) is 5.78 Å². The number of aryl methyl sites for hydroxylation is 1. The predicted molar refractivity (Wildman–Crippen MR) is 76.2 cm³/mol. The fourth-order valence-electron chi connectivity index (χ4n) is 2.36. The van der Waals surface area contributed by atoms with E-state index in [1.54, 1.807) is 5.01 Å². The first-order valence-electron chi connectivity index (χ1n) is 7.09. The quantitative estimate of drug-likeness (QED) is 0.380. The van der Waals surface area contributed by atoms with Gasteiger partial charge in [-0.15, -0.1) is 0 Å². The third-order valence-electron chi connectivity index (χ3n) is 3.57. The van der Waals surface area contributed by atoms with Crippen LogP contribution in [0.25, 0.3) is 0 Å². The molecule has 0 saturated carbocycles. The molecule has 1 saturated heterocycles. The molecule has 20 heavy (non-hydrogen) atoms. The number of rotatable bonds is 5. The molecule has 0 spiro atoms. The molecule has 0 aromatic heterocycles. The van der Waals surface area contributed by atoms with E-state index in [4.69, 9.17) is 5.84 Å². The largest absolute Gasteiger partial charge is 0.318 e. The van der Waals surface area contributed by atoms with Gasteiger partial charge in [0, 0.05) is 19.5 Å². The molecular weight excluding hydrogens is 254 g/mol. The summed E-state index contributed by atoms with van der Waals surface area (Å²) in [5.74, 6) is 4.71. The number of Topliss-reactive ketones (excluding diaryl/α,β-unsaturated/α-hetero) is 1. The number of hydrogen-bond donors (Lipinski definition) is 1. The first kappa shape index (κ1) is 14.7. The molecule has 0 aliphatic carbocycles. The molecule has 1 fully saturated rings. The number of benzene rings is 1. The van der Waals surface area contributed by atoms with Crippen molar-refractivity contribution in [3.63, 3.8) is 0 Å². The number of nitrogens with zero attached hydrogens (tertiary/aromatic N) is 2. The van der Waals surface area contributed by atoms with Crippen LogP contribution in [-0.2, 0) is 16.0 Å². The summed E-state index contributed by atoms with van der Waals surface area (Å²) in [4.78, 5) is 23.9. The number of hydrogen-bond acceptors (Lipinski definition) is 4. The summed E-state index contributed by atoms with van der Waals surface area (Å²) < 4.78 is 0. The SMILES string of the molecule is NN(C(=O)C(=O)CCc1ccccc1)N1CCCCC1. The van der Waals surface area contributed by atoms with Crippen molar-refractivity contribution < 1.29 is 9.59 Å². The maximum atomic E-state index is 12.0. The standard InChI is InChI=1S/C15H21N3O2/c16-18(17-11-5-2-6-12-17)15(20)14(19)10-9-13-7-3-1-4-8-13/h1,3-4,7-8H,2,5-6,9-12,16H2. The Morgan fingerprint density at radius 1 is 1.10 bits per heavy atom. The molecule has 5 heteroatoms. The maximum absolute atomic E-state index is 12.0. The van der Waals surface area contributed by atoms with Crippen LogP contribution in [0.1, 0.15) is 31.2 Å². The number of carbonyl (C=O) groups excluding carboxylic acids is 2. The summed E-state index contributed by atoms with van der Waals surface area (Å²) in [5, 5.41) is 2.76. The Labute approximate surface area is 119 Å². The van der Waals surface area contributed by atoms with Gasteiger partial charge >= 0.3 is 5.91 Å². The number of nitrogens with two attached hydrogens (primary N) is 1. The molecule has 0 bridgehead atoms. The Bertz CT molecular complexity index is 455. The summed E-state index contributed by atoms with van der Waals surface area (Å²) in [6.07, 6.45) is 3.95. The van der Waals surface area contributed by atoms with Gasteiger partial charge in [0.15, 0.2) is 0 Å². The number of hydrazine groups is 2. The minimum atomic E-state index is -0.608. The zero-order valence-electron chi connectivity index (χ0n) is 11.6. The van der Waals surface area contributed by atoms with Gasteiger partial charge in [0.25, 0.3) is 0 Å². The molecule has 1 aliphatic heterocycles. The van der Waals surface area contributed by atoms with Gasteiger partial charge in [-0.2, -0.15) is 0 Å². The molecule has 0 atom stereocenters. The number of piperidine rings is 1. The highest BCUT2D eigenvalue weighted by molar-refractivity contribution is 6.35. The van der Waals surface area contributed by atoms with Crippen LogP contribution in [0.3, 0.4) is 0 Å². The van der Waals surface area contributed by atoms with E-state index in [1.165, 1.54) is 0 Å². The zero-order chi connectivity index (χ0) is 14.4. The smallest absolute Gasteiger partial charge is 0.289 e. The maximum Gasteiger partial charge on any atom is 0.318 e. The van der Waals surface area contributed by atoms with Crippen molar-refractivity contribution in [3.05, 3.63) is 35.9 Å².